The first kappa shape index (κ1) is 13.5. The summed E-state index contributed by atoms with van der Waals surface area (Å²) in [4.78, 5) is 0. The highest BCUT2D eigenvalue weighted by atomic mass is 14.1. The van der Waals surface area contributed by atoms with Crippen LogP contribution in [0.25, 0.3) is 0 Å². The van der Waals surface area contributed by atoms with Crippen molar-refractivity contribution in [3.63, 3.8) is 0 Å². The Hall–Kier alpha value is -1.04. The molecule has 68 valence electrons. The maximum Gasteiger partial charge on any atom is -0.0234 e. The lowest BCUT2D eigenvalue weighted by Crippen LogP contribution is -1.88. The smallest absolute Gasteiger partial charge is 0.0234 e. The zero-order valence-corrected chi connectivity index (χ0v) is 6.14. The van der Waals surface area contributed by atoms with Crippen LogP contribution in [-0.2, 0) is 0 Å². The van der Waals surface area contributed by atoms with E-state index in [-0.39, 0.29) is 14.9 Å². The zero-order chi connectivity index (χ0) is 7.40. The molecule has 0 aromatic heterocycles. The van der Waals surface area contributed by atoms with Crippen molar-refractivity contribution in [2.45, 2.75) is 27.7 Å². The summed E-state index contributed by atoms with van der Waals surface area (Å²) in [7, 11) is 0. The highest BCUT2D eigenvalue weighted by Crippen LogP contribution is 2.19. The molecular formula is C12H20. The fraction of sp³-hybridized carbons (Fsp3) is 0.333. The van der Waals surface area contributed by atoms with Gasteiger partial charge in [0.05, 0.1) is 0 Å². The maximum atomic E-state index is 3.74. The molecule has 0 heterocycles. The normalized spacial score (nSPS) is 14.3. The van der Waals surface area contributed by atoms with Gasteiger partial charge in [0, 0.05) is 0 Å². The molecular weight excluding hydrogens is 144 g/mol. The summed E-state index contributed by atoms with van der Waals surface area (Å²) in [5.74, 6) is 0. The van der Waals surface area contributed by atoms with Crippen LogP contribution in [0.5, 0.6) is 0 Å². The van der Waals surface area contributed by atoms with E-state index in [0.717, 1.165) is 12.8 Å². The van der Waals surface area contributed by atoms with Gasteiger partial charge in [0.1, 0.15) is 0 Å². The van der Waals surface area contributed by atoms with E-state index in [9.17, 15) is 0 Å². The minimum absolute atomic E-state index is 0. The standard InChI is InChI=1S/C10H12.2CH4/c1-3-9-7-5-6-8-10(9)4-2;;/h3-5,7H,1-2,6,8H2;2*1H4. The summed E-state index contributed by atoms with van der Waals surface area (Å²) in [6.45, 7) is 7.47. The third-order valence-electron chi connectivity index (χ3n) is 1.71. The molecule has 0 aliphatic heterocycles. The Kier molecular flexibility index (Phi) is 7.51. The lowest BCUT2D eigenvalue weighted by atomic mass is 9.98. The molecule has 0 atom stereocenters. The highest BCUT2D eigenvalue weighted by molar-refractivity contribution is 5.41. The maximum absolute atomic E-state index is 3.74. The van der Waals surface area contributed by atoms with Crippen LogP contribution in [0.4, 0.5) is 0 Å². The van der Waals surface area contributed by atoms with Gasteiger partial charge >= 0.3 is 0 Å². The second-order valence-electron chi connectivity index (χ2n) is 2.33. The first-order chi connectivity index (χ1) is 4.88. The fourth-order valence-electron chi connectivity index (χ4n) is 1.12. The zero-order valence-electron chi connectivity index (χ0n) is 6.14. The van der Waals surface area contributed by atoms with Crippen LogP contribution < -0.4 is 0 Å². The van der Waals surface area contributed by atoms with E-state index in [1.807, 2.05) is 12.2 Å². The van der Waals surface area contributed by atoms with Crippen molar-refractivity contribution >= 4 is 0 Å². The molecule has 0 saturated carbocycles. The minimum Gasteiger partial charge on any atom is -0.0988 e. The molecule has 1 rings (SSSR count). The predicted molar refractivity (Wildman–Crippen MR) is 59.3 cm³/mol. The molecule has 0 N–H and O–H groups in total. The van der Waals surface area contributed by atoms with Gasteiger partial charge in [0.15, 0.2) is 0 Å². The van der Waals surface area contributed by atoms with Crippen molar-refractivity contribution in [1.29, 1.82) is 0 Å². The molecule has 0 bridgehead atoms. The topological polar surface area (TPSA) is 0 Å². The summed E-state index contributed by atoms with van der Waals surface area (Å²) in [5, 5.41) is 0. The fourth-order valence-corrected chi connectivity index (χ4v) is 1.12. The highest BCUT2D eigenvalue weighted by Gasteiger charge is 2.00. The molecule has 0 fully saturated rings. The average molecular weight is 164 g/mol. The van der Waals surface area contributed by atoms with Crippen molar-refractivity contribution in [3.8, 4) is 0 Å². The van der Waals surface area contributed by atoms with Gasteiger partial charge in [-0.05, 0) is 24.0 Å². The van der Waals surface area contributed by atoms with E-state index in [4.69, 9.17) is 0 Å². The van der Waals surface area contributed by atoms with Gasteiger partial charge in [0.2, 0.25) is 0 Å². The van der Waals surface area contributed by atoms with Crippen molar-refractivity contribution in [2.24, 2.45) is 0 Å². The second-order valence-corrected chi connectivity index (χ2v) is 2.33. The van der Waals surface area contributed by atoms with Gasteiger partial charge in [-0.3, -0.25) is 0 Å². The van der Waals surface area contributed by atoms with E-state index < -0.39 is 0 Å². The first-order valence-corrected chi connectivity index (χ1v) is 3.53. The van der Waals surface area contributed by atoms with E-state index in [2.05, 4.69) is 25.3 Å². The molecule has 12 heavy (non-hydrogen) atoms. The largest absolute Gasteiger partial charge is 0.0988 e. The van der Waals surface area contributed by atoms with Crippen LogP contribution >= 0.6 is 0 Å². The van der Waals surface area contributed by atoms with Crippen molar-refractivity contribution in [1.82, 2.24) is 0 Å². The van der Waals surface area contributed by atoms with Crippen molar-refractivity contribution in [2.75, 3.05) is 0 Å². The Bertz CT molecular complexity index is 204. The molecule has 0 spiro atoms. The molecule has 0 aromatic rings. The van der Waals surface area contributed by atoms with Crippen molar-refractivity contribution in [3.05, 3.63) is 48.6 Å². The van der Waals surface area contributed by atoms with Crippen LogP contribution in [0.3, 0.4) is 0 Å². The predicted octanol–water partition coefficient (Wildman–Crippen LogP) is 4.28. The number of rotatable bonds is 2. The van der Waals surface area contributed by atoms with Gasteiger partial charge in [-0.25, -0.2) is 0 Å². The molecule has 0 amide bonds. The monoisotopic (exact) mass is 164 g/mol. The molecule has 0 heteroatoms. The van der Waals surface area contributed by atoms with Crippen LogP contribution in [0.15, 0.2) is 48.6 Å². The molecule has 0 nitrogen and oxygen atoms in total. The third-order valence-corrected chi connectivity index (χ3v) is 1.71. The van der Waals surface area contributed by atoms with E-state index in [1.165, 1.54) is 11.1 Å². The van der Waals surface area contributed by atoms with Gasteiger partial charge in [-0.2, -0.15) is 0 Å². The molecule has 0 saturated heterocycles. The van der Waals surface area contributed by atoms with Gasteiger partial charge in [-0.1, -0.05) is 52.3 Å². The second kappa shape index (κ2) is 6.66. The number of hydrogen-bond acceptors (Lipinski definition) is 0. The minimum atomic E-state index is 0. The molecule has 0 radical (unpaired) electrons. The lowest BCUT2D eigenvalue weighted by Gasteiger charge is -2.08. The van der Waals surface area contributed by atoms with Crippen LogP contribution in [0.1, 0.15) is 27.7 Å². The number of hydrogen-bond donors (Lipinski definition) is 0. The summed E-state index contributed by atoms with van der Waals surface area (Å²) in [6, 6.07) is 0. The van der Waals surface area contributed by atoms with E-state index >= 15 is 0 Å². The van der Waals surface area contributed by atoms with Crippen LogP contribution in [0, 0.1) is 0 Å². The summed E-state index contributed by atoms with van der Waals surface area (Å²) >= 11 is 0. The number of allylic oxidation sites excluding steroid dienone is 6. The van der Waals surface area contributed by atoms with Crippen LogP contribution in [-0.4, -0.2) is 0 Å². The lowest BCUT2D eigenvalue weighted by molar-refractivity contribution is 0.979. The van der Waals surface area contributed by atoms with Gasteiger partial charge < -0.3 is 0 Å². The Balaban J connectivity index is 0. The van der Waals surface area contributed by atoms with Crippen LogP contribution in [0.2, 0.25) is 0 Å². The van der Waals surface area contributed by atoms with Gasteiger partial charge in [0.25, 0.3) is 0 Å². The quantitative estimate of drug-likeness (QED) is 0.571. The summed E-state index contributed by atoms with van der Waals surface area (Å²) < 4.78 is 0. The average Bonchev–Trinajstić information content (AvgIpc) is 2.04. The SMILES string of the molecule is C.C.C=CC1=C(C=C)CCC=C1. The Morgan fingerprint density at radius 3 is 2.25 bits per heavy atom. The summed E-state index contributed by atoms with van der Waals surface area (Å²) in [6.07, 6.45) is 10.3. The third kappa shape index (κ3) is 2.91. The molecule has 1 aliphatic rings. The first-order valence-electron chi connectivity index (χ1n) is 3.53. The molecule has 1 aliphatic carbocycles. The van der Waals surface area contributed by atoms with Gasteiger partial charge in [-0.15, -0.1) is 0 Å². The Morgan fingerprint density at radius 1 is 1.17 bits per heavy atom. The Morgan fingerprint density at radius 2 is 1.83 bits per heavy atom. The van der Waals surface area contributed by atoms with E-state index in [1.54, 1.807) is 0 Å². The van der Waals surface area contributed by atoms with Crippen molar-refractivity contribution < 1.29 is 0 Å². The Labute approximate surface area is 77.0 Å². The molecule has 0 unspecified atom stereocenters. The summed E-state index contributed by atoms with van der Waals surface area (Å²) in [5.41, 5.74) is 2.54. The van der Waals surface area contributed by atoms with E-state index in [0.29, 0.717) is 0 Å². The molecule has 0 aromatic carbocycles.